The van der Waals surface area contributed by atoms with Gasteiger partial charge < -0.3 is 101 Å². The van der Waals surface area contributed by atoms with Crippen LogP contribution in [0.2, 0.25) is 0 Å². The zero-order valence-electron chi connectivity index (χ0n) is 44.2. The fourth-order valence-electron chi connectivity index (χ4n) is 9.40. The number of amides is 4. The Balaban J connectivity index is 0.000000207. The predicted molar refractivity (Wildman–Crippen MR) is 263 cm³/mol. The molecule has 36 nitrogen and oxygen atoms in total. The molecule has 85 heavy (non-hydrogen) atoms. The van der Waals surface area contributed by atoms with Gasteiger partial charge in [-0.3, -0.25) is 28.0 Å². The Bertz CT molecular complexity index is 2860. The lowest BCUT2D eigenvalue weighted by molar-refractivity contribution is -0.213. The van der Waals surface area contributed by atoms with Crippen molar-refractivity contribution in [1.82, 2.24) is 60.5 Å². The molecule has 0 bridgehead atoms. The fourth-order valence-corrected chi connectivity index (χ4v) is 9.40. The van der Waals surface area contributed by atoms with Crippen LogP contribution in [0.5, 0.6) is 0 Å². The number of carbonyl (C=O) groups excluding carboxylic acids is 4. The summed E-state index contributed by atoms with van der Waals surface area (Å²) in [5.41, 5.74) is 19.0. The van der Waals surface area contributed by atoms with Crippen molar-refractivity contribution in [2.75, 3.05) is 39.8 Å². The molecule has 16 N–H and O–H groups in total. The molecule has 0 aromatic heterocycles. The first-order chi connectivity index (χ1) is 40.1. The van der Waals surface area contributed by atoms with Crippen molar-refractivity contribution < 1.29 is 101 Å². The van der Waals surface area contributed by atoms with E-state index in [-0.39, 0.29) is 29.2 Å². The molecule has 4 amide bonds. The number of hydrogen-bond donors (Lipinski definition) is 16. The maximum atomic E-state index is 13.3. The summed E-state index contributed by atoms with van der Waals surface area (Å²) in [6.07, 6.45) is -6.36. The van der Waals surface area contributed by atoms with E-state index in [4.69, 9.17) is 41.1 Å². The number of alkyl halides is 5. The average molecular weight is 1220 g/mol. The minimum atomic E-state index is -4.92. The summed E-state index contributed by atoms with van der Waals surface area (Å²) in [6, 6.07) is 0. The van der Waals surface area contributed by atoms with Crippen molar-refractivity contribution in [3.05, 3.63) is 98.7 Å². The van der Waals surface area contributed by atoms with Crippen molar-refractivity contribution in [3.63, 3.8) is 0 Å². The number of ether oxygens (including phenoxy) is 4. The highest BCUT2D eigenvalue weighted by Gasteiger charge is 2.69. The molecule has 0 spiro atoms. The van der Waals surface area contributed by atoms with Crippen LogP contribution in [0, 0.1) is 45.8 Å². The summed E-state index contributed by atoms with van der Waals surface area (Å²) in [5, 5.41) is 101. The highest BCUT2D eigenvalue weighted by atomic mass is 19.4. The van der Waals surface area contributed by atoms with E-state index in [2.05, 4.69) is 87.7 Å². The summed E-state index contributed by atoms with van der Waals surface area (Å²) in [5.74, 6) is -6.43. The number of hydrogen-bond acceptors (Lipinski definition) is 28. The summed E-state index contributed by atoms with van der Waals surface area (Å²) in [4.78, 5) is 60.7. The molecule has 0 aliphatic carbocycles. The van der Waals surface area contributed by atoms with Crippen LogP contribution >= 0.6 is 0 Å². The first-order valence-electron chi connectivity index (χ1n) is 24.3. The largest absolute Gasteiger partial charge is 0.398 e. The van der Waals surface area contributed by atoms with Crippen LogP contribution in [-0.2, 0) is 38.1 Å². The molecule has 4 fully saturated rings. The Hall–Kier alpha value is -8.59. The summed E-state index contributed by atoms with van der Waals surface area (Å²) >= 11 is 0. The number of nitrogens with one attached hydrogen (secondary N) is 8. The minimum absolute atomic E-state index is 0.134. The molecule has 16 atom stereocenters. The lowest BCUT2D eigenvalue weighted by Crippen LogP contribution is -2.49. The topological polar surface area (TPSA) is 529 Å². The first-order valence-corrected chi connectivity index (χ1v) is 24.3. The Morgan fingerprint density at radius 1 is 0.506 bits per heavy atom. The Morgan fingerprint density at radius 2 is 0.765 bits per heavy atom. The molecule has 0 aromatic rings. The second kappa shape index (κ2) is 27.4. The molecule has 0 saturated carbocycles. The van der Waals surface area contributed by atoms with Crippen molar-refractivity contribution in [3.8, 4) is 0 Å². The molecule has 8 aliphatic heterocycles. The summed E-state index contributed by atoms with van der Waals surface area (Å²) in [6.45, 7) is 10.8. The Labute approximate surface area is 474 Å². The lowest BCUT2D eigenvalue weighted by Gasteiger charge is -2.34. The van der Waals surface area contributed by atoms with E-state index in [0.717, 1.165) is 17.2 Å². The molecular formula is C44H59F5N20O16+4. The average Bonchev–Trinajstić information content (AvgIpc) is 2.54. The number of nitrogens with zero attached hydrogens (tertiary/aromatic N) is 12. The monoisotopic (exact) mass is 1220 g/mol. The molecule has 8 aliphatic rings. The third-order valence-electron chi connectivity index (χ3n) is 13.8. The number of carbonyl (C=O) groups is 4. The standard InChI is InChI=1S/C11H12F3N5O4.2C11H14FN5O4.C11H15N5O4/c1-5-16-6(21)2-3-19(5)9-7(11(12,13)14)8(22)10(4-20,23-9)17-18-15;2*1-6-14-8(19)2-3-17(6)10-7(4-12)9(20)11(5-18,21-10)15-16-13;1-6-9(19)11(5-17,14-15-12)20-10(6)16-4-3-8(18)13-7(16)2/h2-3,7-9,15,20,22H,1,4H2;2*2-3,7,9-10,13,18,20H,1,4-5H2;3-4,6,9-10,12,17,19H,2,5H2,1H3/p+4/t7-,8-,9+,10+;2*7-,9-,10+,11+;6-,9-,10+,11+/m0000/s1. The third-order valence-corrected chi connectivity index (χ3v) is 13.8. The van der Waals surface area contributed by atoms with Gasteiger partial charge >= 0.3 is 6.18 Å². The van der Waals surface area contributed by atoms with Gasteiger partial charge in [0.25, 0.3) is 46.5 Å². The van der Waals surface area contributed by atoms with Gasteiger partial charge in [-0.25, -0.2) is 0 Å². The van der Waals surface area contributed by atoms with E-state index in [1.807, 2.05) is 0 Å². The second-order valence-corrected chi connectivity index (χ2v) is 18.8. The van der Waals surface area contributed by atoms with Crippen molar-refractivity contribution in [1.29, 1.82) is 22.1 Å². The SMILES string of the molecule is C=C1NC(=O)C=CN1[C@@H]1O[C@@](CO)(N=[N+]=N)[C@@H](O)[C@@H]1C.C=C1NC(=O)C=CN1[C@@H]1O[C@@](CO)(N=[N+]=N)[C@@H](O)[C@@H]1C(F)(F)F.C=C1NC(=O)C=CN1[C@@H]1O[C@@](CO)(N=[N+]=N)[C@@H](O)[C@@H]1CF.C=C1NC(=O)C=CN1[C@@H]1O[C@@](CO)(N=[N+]=N)[C@@H](O)[C@@H]1CF. The van der Waals surface area contributed by atoms with Gasteiger partial charge in [-0.1, -0.05) is 33.2 Å². The zero-order chi connectivity index (χ0) is 63.6. The number of halogens is 5. The molecular weight excluding hydrogens is 1160 g/mol. The van der Waals surface area contributed by atoms with E-state index in [9.17, 15) is 82.0 Å². The third kappa shape index (κ3) is 13.5. The second-order valence-electron chi connectivity index (χ2n) is 18.8. The molecule has 0 radical (unpaired) electrons. The highest BCUT2D eigenvalue weighted by molar-refractivity contribution is 5.91. The molecule has 8 heterocycles. The van der Waals surface area contributed by atoms with Crippen LogP contribution in [0.25, 0.3) is 0 Å². The summed E-state index contributed by atoms with van der Waals surface area (Å²) in [7, 11) is 0. The van der Waals surface area contributed by atoms with Gasteiger partial charge in [0.05, 0.1) is 25.2 Å². The van der Waals surface area contributed by atoms with Crippen LogP contribution in [0.1, 0.15) is 6.92 Å². The van der Waals surface area contributed by atoms with E-state index in [0.29, 0.717) is 0 Å². The molecule has 462 valence electrons. The van der Waals surface area contributed by atoms with Crippen LogP contribution in [-0.4, -0.2) is 202 Å². The molecule has 41 heteroatoms. The Kier molecular flexibility index (Phi) is 21.7. The summed E-state index contributed by atoms with van der Waals surface area (Å²) < 4.78 is 88.1. The van der Waals surface area contributed by atoms with Gasteiger partial charge in [-0.15, -0.1) is 0 Å². The quantitative estimate of drug-likeness (QED) is 0.0454. The van der Waals surface area contributed by atoms with E-state index in [1.165, 1.54) is 51.5 Å². The maximum absolute atomic E-state index is 13.3. The molecule has 0 unspecified atom stereocenters. The van der Waals surface area contributed by atoms with Crippen molar-refractivity contribution >= 4 is 23.6 Å². The van der Waals surface area contributed by atoms with Crippen molar-refractivity contribution in [2.45, 2.75) is 85.3 Å². The van der Waals surface area contributed by atoms with Crippen LogP contribution in [0.3, 0.4) is 0 Å². The van der Waals surface area contributed by atoms with Crippen LogP contribution in [0.4, 0.5) is 22.0 Å². The number of aliphatic hydroxyl groups excluding tert-OH is 8. The number of rotatable bonds is 14. The molecule has 4 saturated heterocycles. The van der Waals surface area contributed by atoms with Gasteiger partial charge in [-0.05, 0) is 0 Å². The molecule has 8 rings (SSSR count). The van der Waals surface area contributed by atoms with Gasteiger partial charge in [0.2, 0.25) is 19.6 Å². The Morgan fingerprint density at radius 3 is 1.04 bits per heavy atom. The smallest absolute Gasteiger partial charge is 0.391 e. The minimum Gasteiger partial charge on any atom is -0.391 e. The van der Waals surface area contributed by atoms with E-state index >= 15 is 0 Å². The van der Waals surface area contributed by atoms with Gasteiger partial charge in [0, 0.05) is 55.0 Å². The zero-order valence-corrected chi connectivity index (χ0v) is 44.2. The highest BCUT2D eigenvalue weighted by Crippen LogP contribution is 2.47. The fraction of sp³-hybridized carbons (Fsp3) is 0.545. The van der Waals surface area contributed by atoms with Crippen molar-refractivity contribution in [2.24, 2.45) is 44.1 Å². The lowest BCUT2D eigenvalue weighted by atomic mass is 9.95. The maximum Gasteiger partial charge on any atom is 0.398 e. The van der Waals surface area contributed by atoms with Crippen LogP contribution < -0.4 is 40.9 Å². The van der Waals surface area contributed by atoms with E-state index < -0.39 is 160 Å². The molecule has 0 aromatic carbocycles. The number of aliphatic hydroxyl groups is 8. The predicted octanol–water partition coefficient (Wildman–Crippen LogP) is -3.58. The first kappa shape index (κ1) is 67.2. The van der Waals surface area contributed by atoms with Gasteiger partial charge in [0.15, 0.2) is 26.7 Å². The van der Waals surface area contributed by atoms with Crippen LogP contribution in [0.15, 0.2) is 119 Å². The van der Waals surface area contributed by atoms with E-state index in [1.54, 1.807) is 6.92 Å². The normalized spacial score (nSPS) is 35.5. The van der Waals surface area contributed by atoms with Gasteiger partial charge in [0.1, 0.15) is 121 Å². The van der Waals surface area contributed by atoms with Gasteiger partial charge in [-0.2, -0.15) is 13.2 Å².